The van der Waals surface area contributed by atoms with E-state index in [0.29, 0.717) is 10.8 Å². The third kappa shape index (κ3) is 4.99. The molecule has 1 atom stereocenters. The van der Waals surface area contributed by atoms with Crippen molar-refractivity contribution in [3.05, 3.63) is 64.7 Å². The second kappa shape index (κ2) is 8.36. The Morgan fingerprint density at radius 3 is 2.46 bits per heavy atom. The Morgan fingerprint density at radius 2 is 1.88 bits per heavy atom. The number of primary amides is 1. The summed E-state index contributed by atoms with van der Waals surface area (Å²) in [5.41, 5.74) is 7.06. The van der Waals surface area contributed by atoms with Crippen LogP contribution < -0.4 is 15.8 Å². The molecule has 0 radical (unpaired) electrons. The summed E-state index contributed by atoms with van der Waals surface area (Å²) in [6.07, 6.45) is 0.452. The minimum Gasteiger partial charge on any atom is -0.495 e. The van der Waals surface area contributed by atoms with E-state index in [-0.39, 0.29) is 18.7 Å². The molecule has 2 amide bonds. The van der Waals surface area contributed by atoms with Gasteiger partial charge in [0.05, 0.1) is 18.6 Å². The zero-order valence-corrected chi connectivity index (χ0v) is 14.0. The number of nitrogens with two attached hydrogens (primary N) is 1. The predicted octanol–water partition coefficient (Wildman–Crippen LogP) is 2.10. The van der Waals surface area contributed by atoms with Gasteiger partial charge in [-0.2, -0.15) is 0 Å². The Kier molecular flexibility index (Phi) is 6.21. The number of ether oxygens (including phenoxy) is 1. The number of amides is 2. The molecule has 0 aliphatic heterocycles. The average molecular weight is 347 g/mol. The molecule has 6 heteroatoms. The molecule has 0 saturated heterocycles. The smallest absolute Gasteiger partial charge is 0.240 e. The molecule has 0 aromatic heterocycles. The zero-order chi connectivity index (χ0) is 17.5. The summed E-state index contributed by atoms with van der Waals surface area (Å²) in [5, 5.41) is 3.11. The van der Waals surface area contributed by atoms with Crippen LogP contribution in [0.15, 0.2) is 48.5 Å². The van der Waals surface area contributed by atoms with E-state index in [1.165, 1.54) is 7.11 Å². The van der Waals surface area contributed by atoms with Crippen molar-refractivity contribution in [2.45, 2.75) is 18.9 Å². The van der Waals surface area contributed by atoms with Gasteiger partial charge >= 0.3 is 0 Å². The van der Waals surface area contributed by atoms with Crippen LogP contribution in [0.2, 0.25) is 5.02 Å². The number of carbonyl (C=O) groups is 2. The van der Waals surface area contributed by atoms with Gasteiger partial charge in [0.25, 0.3) is 0 Å². The molecule has 0 aliphatic rings. The van der Waals surface area contributed by atoms with Crippen LogP contribution in [0.5, 0.6) is 5.75 Å². The fourth-order valence-corrected chi connectivity index (χ4v) is 2.60. The first-order valence-electron chi connectivity index (χ1n) is 7.44. The maximum absolute atomic E-state index is 12.1. The first kappa shape index (κ1) is 17.8. The highest BCUT2D eigenvalue weighted by Crippen LogP contribution is 2.25. The van der Waals surface area contributed by atoms with Crippen molar-refractivity contribution in [3.63, 3.8) is 0 Å². The van der Waals surface area contributed by atoms with Gasteiger partial charge in [0.2, 0.25) is 11.8 Å². The van der Waals surface area contributed by atoms with Gasteiger partial charge in [-0.05, 0) is 23.3 Å². The third-order valence-electron chi connectivity index (χ3n) is 3.54. The molecule has 0 saturated carbocycles. The molecular formula is C18H19ClN2O3. The van der Waals surface area contributed by atoms with Crippen LogP contribution in [0, 0.1) is 0 Å². The molecule has 2 aromatic rings. The van der Waals surface area contributed by atoms with Gasteiger partial charge in [-0.3, -0.25) is 9.59 Å². The number of halogens is 1. The largest absolute Gasteiger partial charge is 0.495 e. The molecule has 0 unspecified atom stereocenters. The zero-order valence-electron chi connectivity index (χ0n) is 13.3. The van der Waals surface area contributed by atoms with E-state index in [0.717, 1.165) is 11.1 Å². The summed E-state index contributed by atoms with van der Waals surface area (Å²) in [6, 6.07) is 13.7. The molecule has 2 aromatic carbocycles. The summed E-state index contributed by atoms with van der Waals surface area (Å²) in [7, 11) is 1.52. The van der Waals surface area contributed by atoms with Gasteiger partial charge in [0, 0.05) is 6.42 Å². The Morgan fingerprint density at radius 1 is 1.17 bits per heavy atom. The van der Waals surface area contributed by atoms with Crippen LogP contribution in [0.3, 0.4) is 0 Å². The van der Waals surface area contributed by atoms with Crippen LogP contribution in [-0.2, 0) is 22.4 Å². The van der Waals surface area contributed by atoms with Crippen LogP contribution in [0.4, 0.5) is 0 Å². The lowest BCUT2D eigenvalue weighted by atomic mass is 10.0. The summed E-state index contributed by atoms with van der Waals surface area (Å²) in [5.74, 6) is -0.308. The normalized spacial score (nSPS) is 11.6. The third-order valence-corrected chi connectivity index (χ3v) is 3.84. The Bertz CT molecular complexity index is 719. The molecule has 24 heavy (non-hydrogen) atoms. The fourth-order valence-electron chi connectivity index (χ4n) is 2.32. The van der Waals surface area contributed by atoms with E-state index >= 15 is 0 Å². The highest BCUT2D eigenvalue weighted by molar-refractivity contribution is 6.32. The van der Waals surface area contributed by atoms with Gasteiger partial charge in [0.15, 0.2) is 0 Å². The van der Waals surface area contributed by atoms with Crippen LogP contribution in [0.25, 0.3) is 0 Å². The van der Waals surface area contributed by atoms with Gasteiger partial charge < -0.3 is 15.8 Å². The maximum atomic E-state index is 12.1. The van der Waals surface area contributed by atoms with E-state index in [1.54, 1.807) is 18.2 Å². The van der Waals surface area contributed by atoms with Crippen molar-refractivity contribution in [1.82, 2.24) is 5.32 Å². The molecule has 5 nitrogen and oxygen atoms in total. The Hall–Kier alpha value is -2.53. The standard InChI is InChI=1S/C18H19ClN2O3/c1-24-16-8-7-13(9-14(16)19)10-15(18(20)23)21-17(22)11-12-5-3-2-4-6-12/h2-9,15H,10-11H2,1H3,(H2,20,23)(H,21,22)/t15-/m0/s1. The molecule has 126 valence electrons. The molecule has 0 bridgehead atoms. The Labute approximate surface area is 145 Å². The van der Waals surface area contributed by atoms with Crippen molar-refractivity contribution < 1.29 is 14.3 Å². The van der Waals surface area contributed by atoms with Gasteiger partial charge in [-0.1, -0.05) is 48.0 Å². The molecule has 0 fully saturated rings. The summed E-state index contributed by atoms with van der Waals surface area (Å²) in [6.45, 7) is 0. The Balaban J connectivity index is 2.03. The SMILES string of the molecule is COc1ccc(C[C@H](NC(=O)Cc2ccccc2)C(N)=O)cc1Cl. The average Bonchev–Trinajstić information content (AvgIpc) is 2.55. The molecule has 0 heterocycles. The summed E-state index contributed by atoms with van der Waals surface area (Å²) in [4.78, 5) is 23.8. The topological polar surface area (TPSA) is 81.4 Å². The highest BCUT2D eigenvalue weighted by Gasteiger charge is 2.19. The number of benzene rings is 2. The van der Waals surface area contributed by atoms with E-state index in [2.05, 4.69) is 5.32 Å². The lowest BCUT2D eigenvalue weighted by molar-refractivity contribution is -0.127. The van der Waals surface area contributed by atoms with Crippen LogP contribution in [-0.4, -0.2) is 25.0 Å². The molecular weight excluding hydrogens is 328 g/mol. The van der Waals surface area contributed by atoms with E-state index < -0.39 is 11.9 Å². The van der Waals surface area contributed by atoms with E-state index in [4.69, 9.17) is 22.1 Å². The highest BCUT2D eigenvalue weighted by atomic mass is 35.5. The number of methoxy groups -OCH3 is 1. The molecule has 0 aliphatic carbocycles. The fraction of sp³-hybridized carbons (Fsp3) is 0.222. The summed E-state index contributed by atoms with van der Waals surface area (Å²) < 4.78 is 5.09. The molecule has 3 N–H and O–H groups in total. The van der Waals surface area contributed by atoms with Crippen molar-refractivity contribution in [2.24, 2.45) is 5.73 Å². The second-order valence-corrected chi connectivity index (χ2v) is 5.77. The number of nitrogens with one attached hydrogen (secondary N) is 1. The van der Waals surface area contributed by atoms with Crippen molar-refractivity contribution in [3.8, 4) is 5.75 Å². The number of hydrogen-bond donors (Lipinski definition) is 2. The molecule has 0 spiro atoms. The minimum atomic E-state index is -0.800. The first-order chi connectivity index (χ1) is 11.5. The monoisotopic (exact) mass is 346 g/mol. The maximum Gasteiger partial charge on any atom is 0.240 e. The number of rotatable bonds is 7. The molecule has 2 rings (SSSR count). The van der Waals surface area contributed by atoms with Crippen LogP contribution >= 0.6 is 11.6 Å². The second-order valence-electron chi connectivity index (χ2n) is 5.36. The van der Waals surface area contributed by atoms with Gasteiger partial charge in [-0.15, -0.1) is 0 Å². The minimum absolute atomic E-state index is 0.188. The quantitative estimate of drug-likeness (QED) is 0.805. The van der Waals surface area contributed by atoms with Crippen molar-refractivity contribution in [2.75, 3.05) is 7.11 Å². The predicted molar refractivity (Wildman–Crippen MR) is 93.0 cm³/mol. The lowest BCUT2D eigenvalue weighted by Crippen LogP contribution is -2.46. The lowest BCUT2D eigenvalue weighted by Gasteiger charge is -2.16. The van der Waals surface area contributed by atoms with Gasteiger partial charge in [0.1, 0.15) is 11.8 Å². The number of hydrogen-bond acceptors (Lipinski definition) is 3. The van der Waals surface area contributed by atoms with E-state index in [9.17, 15) is 9.59 Å². The van der Waals surface area contributed by atoms with Crippen molar-refractivity contribution in [1.29, 1.82) is 0 Å². The first-order valence-corrected chi connectivity index (χ1v) is 7.82. The van der Waals surface area contributed by atoms with Gasteiger partial charge in [-0.25, -0.2) is 0 Å². The van der Waals surface area contributed by atoms with Crippen LogP contribution in [0.1, 0.15) is 11.1 Å². The van der Waals surface area contributed by atoms with Crippen molar-refractivity contribution >= 4 is 23.4 Å². The van der Waals surface area contributed by atoms with E-state index in [1.807, 2.05) is 30.3 Å². The summed E-state index contributed by atoms with van der Waals surface area (Å²) >= 11 is 6.08. The number of carbonyl (C=O) groups excluding carboxylic acids is 2.